The molecule has 0 saturated carbocycles. The molecule has 1 amide bonds. The summed E-state index contributed by atoms with van der Waals surface area (Å²) in [5.74, 6) is -2.23. The predicted octanol–water partition coefficient (Wildman–Crippen LogP) is -0.177. The van der Waals surface area contributed by atoms with E-state index in [9.17, 15) is 14.7 Å². The molecule has 2 unspecified atom stereocenters. The summed E-state index contributed by atoms with van der Waals surface area (Å²) in [7, 11) is 3.31. The number of nitrogens with zero attached hydrogens (tertiary/aromatic N) is 1. The van der Waals surface area contributed by atoms with Crippen LogP contribution in [-0.4, -0.2) is 41.5 Å². The molecule has 0 fully saturated rings. The van der Waals surface area contributed by atoms with Crippen molar-refractivity contribution < 1.29 is 14.7 Å². The van der Waals surface area contributed by atoms with Crippen LogP contribution >= 0.6 is 0 Å². The topological polar surface area (TPSA) is 83.6 Å². The van der Waals surface area contributed by atoms with Crippen molar-refractivity contribution in [2.45, 2.75) is 18.4 Å². The van der Waals surface area contributed by atoms with Crippen molar-refractivity contribution >= 4 is 11.9 Å². The van der Waals surface area contributed by atoms with Crippen LogP contribution in [0.15, 0.2) is 12.2 Å². The SMILES string of the molecule is CN(C)C1(C(=O)O)CC=CCC1C(N)=O. The van der Waals surface area contributed by atoms with Crippen LogP contribution in [0.2, 0.25) is 0 Å². The van der Waals surface area contributed by atoms with Gasteiger partial charge in [-0.2, -0.15) is 0 Å². The number of likely N-dealkylation sites (N-methyl/N-ethyl adjacent to an activating group) is 1. The number of aliphatic carboxylic acids is 1. The lowest BCUT2D eigenvalue weighted by Crippen LogP contribution is -2.60. The van der Waals surface area contributed by atoms with Gasteiger partial charge in [0.2, 0.25) is 5.91 Å². The van der Waals surface area contributed by atoms with E-state index >= 15 is 0 Å². The number of hydrogen-bond donors (Lipinski definition) is 2. The van der Waals surface area contributed by atoms with E-state index < -0.39 is 23.3 Å². The molecule has 0 aromatic rings. The molecule has 5 heteroatoms. The Morgan fingerprint density at radius 3 is 2.40 bits per heavy atom. The van der Waals surface area contributed by atoms with E-state index in [1.54, 1.807) is 31.1 Å². The summed E-state index contributed by atoms with van der Waals surface area (Å²) in [6, 6.07) is 0. The molecular formula is C10H16N2O3. The smallest absolute Gasteiger partial charge is 0.325 e. The Bertz CT molecular complexity index is 312. The molecule has 0 spiro atoms. The van der Waals surface area contributed by atoms with Crippen LogP contribution in [0.1, 0.15) is 12.8 Å². The van der Waals surface area contributed by atoms with Gasteiger partial charge >= 0.3 is 5.97 Å². The van der Waals surface area contributed by atoms with Gasteiger partial charge in [0.25, 0.3) is 0 Å². The predicted molar refractivity (Wildman–Crippen MR) is 55.1 cm³/mol. The van der Waals surface area contributed by atoms with Crippen molar-refractivity contribution in [3.05, 3.63) is 12.2 Å². The summed E-state index contributed by atoms with van der Waals surface area (Å²) in [5.41, 5.74) is 4.06. The minimum absolute atomic E-state index is 0.308. The third kappa shape index (κ3) is 1.74. The zero-order chi connectivity index (χ0) is 11.6. The number of carboxylic acids is 1. The second kappa shape index (κ2) is 4.02. The molecule has 0 saturated heterocycles. The number of carbonyl (C=O) groups excluding carboxylic acids is 1. The van der Waals surface area contributed by atoms with Crippen LogP contribution < -0.4 is 5.73 Å². The quantitative estimate of drug-likeness (QED) is 0.636. The lowest BCUT2D eigenvalue weighted by Gasteiger charge is -2.41. The van der Waals surface area contributed by atoms with Gasteiger partial charge in [-0.15, -0.1) is 0 Å². The summed E-state index contributed by atoms with van der Waals surface area (Å²) in [6.07, 6.45) is 4.29. The molecule has 2 atom stereocenters. The Balaban J connectivity index is 3.18. The lowest BCUT2D eigenvalue weighted by molar-refractivity contribution is -0.157. The Morgan fingerprint density at radius 2 is 2.07 bits per heavy atom. The van der Waals surface area contributed by atoms with Crippen LogP contribution in [-0.2, 0) is 9.59 Å². The second-order valence-electron chi connectivity index (χ2n) is 3.99. The van der Waals surface area contributed by atoms with Crippen molar-refractivity contribution in [1.82, 2.24) is 4.90 Å². The van der Waals surface area contributed by atoms with Gasteiger partial charge in [-0.3, -0.25) is 14.5 Å². The van der Waals surface area contributed by atoms with E-state index in [4.69, 9.17) is 5.73 Å². The van der Waals surface area contributed by atoms with E-state index in [0.717, 1.165) is 0 Å². The average Bonchev–Trinajstić information content (AvgIpc) is 2.16. The van der Waals surface area contributed by atoms with Crippen molar-refractivity contribution in [2.75, 3.05) is 14.1 Å². The maximum Gasteiger partial charge on any atom is 0.325 e. The first-order valence-corrected chi connectivity index (χ1v) is 4.78. The molecule has 1 aliphatic carbocycles. The third-order valence-corrected chi connectivity index (χ3v) is 3.06. The number of hydrogen-bond acceptors (Lipinski definition) is 3. The molecule has 0 aliphatic heterocycles. The maximum absolute atomic E-state index is 11.3. The number of carbonyl (C=O) groups is 2. The maximum atomic E-state index is 11.3. The third-order valence-electron chi connectivity index (χ3n) is 3.06. The standard InChI is InChI=1S/C10H16N2O3/c1-12(2)10(9(14)15)6-4-3-5-7(10)8(11)13/h3-4,7H,5-6H2,1-2H3,(H2,11,13)(H,14,15). The number of carboxylic acid groups (broad SMARTS) is 1. The Morgan fingerprint density at radius 1 is 1.47 bits per heavy atom. The largest absolute Gasteiger partial charge is 0.480 e. The first-order valence-electron chi connectivity index (χ1n) is 4.78. The number of allylic oxidation sites excluding steroid dienone is 1. The van der Waals surface area contributed by atoms with Gasteiger partial charge in [-0.25, -0.2) is 0 Å². The van der Waals surface area contributed by atoms with Gasteiger partial charge in [0.15, 0.2) is 0 Å². The monoisotopic (exact) mass is 212 g/mol. The van der Waals surface area contributed by atoms with E-state index in [-0.39, 0.29) is 0 Å². The molecule has 3 N–H and O–H groups in total. The number of nitrogens with two attached hydrogens (primary N) is 1. The Hall–Kier alpha value is -1.36. The first-order chi connectivity index (χ1) is 6.93. The van der Waals surface area contributed by atoms with Crippen LogP contribution in [0.5, 0.6) is 0 Å². The van der Waals surface area contributed by atoms with E-state index in [2.05, 4.69) is 0 Å². The normalized spacial score (nSPS) is 30.5. The highest BCUT2D eigenvalue weighted by Gasteiger charge is 2.50. The van der Waals surface area contributed by atoms with Gasteiger partial charge in [0.1, 0.15) is 5.54 Å². The summed E-state index contributed by atoms with van der Waals surface area (Å²) >= 11 is 0. The van der Waals surface area contributed by atoms with Gasteiger partial charge in [0.05, 0.1) is 5.92 Å². The minimum Gasteiger partial charge on any atom is -0.480 e. The lowest BCUT2D eigenvalue weighted by atomic mass is 9.74. The molecule has 15 heavy (non-hydrogen) atoms. The fraction of sp³-hybridized carbons (Fsp3) is 0.600. The highest BCUT2D eigenvalue weighted by Crippen LogP contribution is 2.34. The van der Waals surface area contributed by atoms with Gasteiger partial charge in [-0.05, 0) is 26.9 Å². The Labute approximate surface area is 88.5 Å². The average molecular weight is 212 g/mol. The van der Waals surface area contributed by atoms with Crippen molar-refractivity contribution in [2.24, 2.45) is 11.7 Å². The fourth-order valence-corrected chi connectivity index (χ4v) is 2.11. The number of rotatable bonds is 3. The summed E-state index contributed by atoms with van der Waals surface area (Å²) in [5, 5.41) is 9.30. The number of amides is 1. The van der Waals surface area contributed by atoms with Crippen molar-refractivity contribution in [3.8, 4) is 0 Å². The summed E-state index contributed by atoms with van der Waals surface area (Å²) in [6.45, 7) is 0. The van der Waals surface area contributed by atoms with Gasteiger partial charge < -0.3 is 10.8 Å². The first kappa shape index (κ1) is 11.7. The second-order valence-corrected chi connectivity index (χ2v) is 3.99. The van der Waals surface area contributed by atoms with Gasteiger partial charge in [0, 0.05) is 0 Å². The molecule has 0 aromatic heterocycles. The zero-order valence-electron chi connectivity index (χ0n) is 8.93. The molecule has 1 rings (SSSR count). The van der Waals surface area contributed by atoms with Crippen LogP contribution in [0.3, 0.4) is 0 Å². The van der Waals surface area contributed by atoms with E-state index in [1.165, 1.54) is 0 Å². The molecule has 84 valence electrons. The fourth-order valence-electron chi connectivity index (χ4n) is 2.11. The molecule has 1 aliphatic rings. The summed E-state index contributed by atoms with van der Waals surface area (Å²) in [4.78, 5) is 24.2. The number of primary amides is 1. The molecule has 5 nitrogen and oxygen atoms in total. The van der Waals surface area contributed by atoms with E-state index in [1.807, 2.05) is 0 Å². The van der Waals surface area contributed by atoms with Gasteiger partial charge in [-0.1, -0.05) is 12.2 Å². The van der Waals surface area contributed by atoms with Crippen LogP contribution in [0.4, 0.5) is 0 Å². The molecule has 0 radical (unpaired) electrons. The summed E-state index contributed by atoms with van der Waals surface area (Å²) < 4.78 is 0. The highest BCUT2D eigenvalue weighted by atomic mass is 16.4. The van der Waals surface area contributed by atoms with Crippen LogP contribution in [0, 0.1) is 5.92 Å². The minimum atomic E-state index is -1.19. The molecule has 0 aromatic carbocycles. The molecule has 0 heterocycles. The Kier molecular flexibility index (Phi) is 3.14. The van der Waals surface area contributed by atoms with Crippen molar-refractivity contribution in [3.63, 3.8) is 0 Å². The van der Waals surface area contributed by atoms with Crippen LogP contribution in [0.25, 0.3) is 0 Å². The van der Waals surface area contributed by atoms with E-state index in [0.29, 0.717) is 12.8 Å². The molecule has 0 bridgehead atoms. The highest BCUT2D eigenvalue weighted by molar-refractivity contribution is 5.90. The zero-order valence-corrected chi connectivity index (χ0v) is 8.93. The molecular weight excluding hydrogens is 196 g/mol. The van der Waals surface area contributed by atoms with Crippen molar-refractivity contribution in [1.29, 1.82) is 0 Å².